The molecule has 2 aromatic heterocycles. The number of rotatable bonds is 3. The van der Waals surface area contributed by atoms with Gasteiger partial charge < -0.3 is 5.32 Å². The number of nitrogens with one attached hydrogen (secondary N) is 1. The van der Waals surface area contributed by atoms with E-state index >= 15 is 0 Å². The van der Waals surface area contributed by atoms with Crippen molar-refractivity contribution in [3.63, 3.8) is 0 Å². The van der Waals surface area contributed by atoms with Gasteiger partial charge in [0.2, 0.25) is 0 Å². The SMILES string of the molecule is Cc1ccc(Nc2nc(-c3cnccc3C)cs2)cc1. The number of aromatic nitrogens is 2. The van der Waals surface area contributed by atoms with Gasteiger partial charge in [-0.15, -0.1) is 11.3 Å². The highest BCUT2D eigenvalue weighted by Gasteiger charge is 2.07. The van der Waals surface area contributed by atoms with Crippen LogP contribution in [-0.2, 0) is 0 Å². The highest BCUT2D eigenvalue weighted by atomic mass is 32.1. The van der Waals surface area contributed by atoms with Crippen LogP contribution in [0.5, 0.6) is 0 Å². The Bertz CT molecular complexity index is 717. The quantitative estimate of drug-likeness (QED) is 0.764. The second kappa shape index (κ2) is 5.43. The molecule has 0 bridgehead atoms. The third-order valence-electron chi connectivity index (χ3n) is 3.12. The van der Waals surface area contributed by atoms with Crippen molar-refractivity contribution in [3.05, 3.63) is 59.2 Å². The standard InChI is InChI=1S/C16H15N3S/c1-11-3-5-13(6-4-11)18-16-19-15(10-20-16)14-9-17-8-7-12(14)2/h3-10H,1-2H3,(H,18,19). The van der Waals surface area contributed by atoms with Crippen molar-refractivity contribution >= 4 is 22.2 Å². The maximum atomic E-state index is 4.63. The minimum absolute atomic E-state index is 0.895. The van der Waals surface area contributed by atoms with Crippen molar-refractivity contribution in [2.75, 3.05) is 5.32 Å². The first-order valence-corrected chi connectivity index (χ1v) is 7.30. The molecular formula is C16H15N3S. The summed E-state index contributed by atoms with van der Waals surface area (Å²) in [4.78, 5) is 8.80. The summed E-state index contributed by atoms with van der Waals surface area (Å²) in [6, 6.07) is 10.3. The average Bonchev–Trinajstić information content (AvgIpc) is 2.90. The lowest BCUT2D eigenvalue weighted by molar-refractivity contribution is 1.26. The fraction of sp³-hybridized carbons (Fsp3) is 0.125. The fourth-order valence-electron chi connectivity index (χ4n) is 1.95. The summed E-state index contributed by atoms with van der Waals surface area (Å²) in [6.45, 7) is 4.15. The van der Waals surface area contributed by atoms with E-state index in [9.17, 15) is 0 Å². The van der Waals surface area contributed by atoms with Crippen LogP contribution in [0.4, 0.5) is 10.8 Å². The van der Waals surface area contributed by atoms with E-state index in [1.165, 1.54) is 11.1 Å². The third kappa shape index (κ3) is 2.70. The van der Waals surface area contributed by atoms with Crippen LogP contribution in [0.2, 0.25) is 0 Å². The zero-order valence-corrected chi connectivity index (χ0v) is 12.2. The molecule has 0 radical (unpaired) electrons. The average molecular weight is 281 g/mol. The largest absolute Gasteiger partial charge is 0.332 e. The zero-order chi connectivity index (χ0) is 13.9. The Balaban J connectivity index is 1.84. The Morgan fingerprint density at radius 2 is 1.85 bits per heavy atom. The Kier molecular flexibility index (Phi) is 3.48. The monoisotopic (exact) mass is 281 g/mol. The number of pyridine rings is 1. The highest BCUT2D eigenvalue weighted by Crippen LogP contribution is 2.28. The van der Waals surface area contributed by atoms with Crippen LogP contribution in [0.15, 0.2) is 48.1 Å². The number of hydrogen-bond acceptors (Lipinski definition) is 4. The molecule has 100 valence electrons. The Morgan fingerprint density at radius 3 is 2.60 bits per heavy atom. The van der Waals surface area contributed by atoms with Crippen molar-refractivity contribution in [2.45, 2.75) is 13.8 Å². The van der Waals surface area contributed by atoms with Crippen molar-refractivity contribution in [1.29, 1.82) is 0 Å². The van der Waals surface area contributed by atoms with Gasteiger partial charge in [-0.25, -0.2) is 4.98 Å². The maximum Gasteiger partial charge on any atom is 0.187 e. The number of hydrogen-bond donors (Lipinski definition) is 1. The van der Waals surface area contributed by atoms with Crippen molar-refractivity contribution in [1.82, 2.24) is 9.97 Å². The highest BCUT2D eigenvalue weighted by molar-refractivity contribution is 7.14. The smallest absolute Gasteiger partial charge is 0.187 e. The molecule has 1 aromatic carbocycles. The zero-order valence-electron chi connectivity index (χ0n) is 11.4. The Morgan fingerprint density at radius 1 is 1.05 bits per heavy atom. The lowest BCUT2D eigenvalue weighted by atomic mass is 10.1. The molecule has 2 heterocycles. The molecule has 4 heteroatoms. The van der Waals surface area contributed by atoms with E-state index in [1.807, 2.05) is 12.3 Å². The second-order valence-corrected chi connectivity index (χ2v) is 5.58. The molecule has 0 fully saturated rings. The van der Waals surface area contributed by atoms with Gasteiger partial charge in [0, 0.05) is 29.0 Å². The topological polar surface area (TPSA) is 37.8 Å². The number of aryl methyl sites for hydroxylation is 2. The fourth-order valence-corrected chi connectivity index (χ4v) is 2.68. The molecule has 0 unspecified atom stereocenters. The molecule has 3 nitrogen and oxygen atoms in total. The molecule has 0 aliphatic rings. The van der Waals surface area contributed by atoms with Crippen LogP contribution in [0, 0.1) is 13.8 Å². The number of nitrogens with zero attached hydrogens (tertiary/aromatic N) is 2. The van der Waals surface area contributed by atoms with Gasteiger partial charge in [-0.1, -0.05) is 17.7 Å². The van der Waals surface area contributed by atoms with Gasteiger partial charge in [0.15, 0.2) is 5.13 Å². The van der Waals surface area contributed by atoms with Gasteiger partial charge >= 0.3 is 0 Å². The summed E-state index contributed by atoms with van der Waals surface area (Å²) in [5, 5.41) is 6.28. The van der Waals surface area contributed by atoms with Gasteiger partial charge in [-0.2, -0.15) is 0 Å². The van der Waals surface area contributed by atoms with Gasteiger partial charge in [0.1, 0.15) is 0 Å². The molecule has 1 N–H and O–H groups in total. The normalized spacial score (nSPS) is 10.5. The molecule has 3 rings (SSSR count). The van der Waals surface area contributed by atoms with E-state index in [1.54, 1.807) is 17.5 Å². The lowest BCUT2D eigenvalue weighted by Gasteiger charge is -2.03. The summed E-state index contributed by atoms with van der Waals surface area (Å²) in [6.07, 6.45) is 3.66. The molecule has 20 heavy (non-hydrogen) atoms. The van der Waals surface area contributed by atoms with Crippen LogP contribution in [-0.4, -0.2) is 9.97 Å². The number of anilines is 2. The van der Waals surface area contributed by atoms with E-state index in [2.05, 4.69) is 58.8 Å². The van der Waals surface area contributed by atoms with E-state index in [4.69, 9.17) is 0 Å². The van der Waals surface area contributed by atoms with Crippen LogP contribution in [0.3, 0.4) is 0 Å². The van der Waals surface area contributed by atoms with Crippen LogP contribution in [0.25, 0.3) is 11.3 Å². The summed E-state index contributed by atoms with van der Waals surface area (Å²) in [5.41, 5.74) is 5.55. The first-order valence-electron chi connectivity index (χ1n) is 6.42. The molecule has 0 saturated carbocycles. The first-order chi connectivity index (χ1) is 9.72. The molecular weight excluding hydrogens is 266 g/mol. The summed E-state index contributed by atoms with van der Waals surface area (Å²) >= 11 is 1.60. The van der Waals surface area contributed by atoms with Crippen LogP contribution >= 0.6 is 11.3 Å². The van der Waals surface area contributed by atoms with E-state index in [0.717, 1.165) is 22.1 Å². The maximum absolute atomic E-state index is 4.63. The Hall–Kier alpha value is -2.20. The molecule has 0 atom stereocenters. The van der Waals surface area contributed by atoms with E-state index in [0.29, 0.717) is 0 Å². The molecule has 3 aromatic rings. The van der Waals surface area contributed by atoms with Gasteiger partial charge in [-0.05, 0) is 37.6 Å². The summed E-state index contributed by atoms with van der Waals surface area (Å²) < 4.78 is 0. The summed E-state index contributed by atoms with van der Waals surface area (Å²) in [5.74, 6) is 0. The van der Waals surface area contributed by atoms with Gasteiger partial charge in [0.05, 0.1) is 5.69 Å². The van der Waals surface area contributed by atoms with Gasteiger partial charge in [0.25, 0.3) is 0 Å². The van der Waals surface area contributed by atoms with E-state index in [-0.39, 0.29) is 0 Å². The molecule has 0 spiro atoms. The number of thiazole rings is 1. The lowest BCUT2D eigenvalue weighted by Crippen LogP contribution is -1.90. The third-order valence-corrected chi connectivity index (χ3v) is 3.88. The predicted molar refractivity (Wildman–Crippen MR) is 84.5 cm³/mol. The van der Waals surface area contributed by atoms with Crippen molar-refractivity contribution in [3.8, 4) is 11.3 Å². The molecule has 0 amide bonds. The van der Waals surface area contributed by atoms with Crippen molar-refractivity contribution < 1.29 is 0 Å². The minimum Gasteiger partial charge on any atom is -0.332 e. The second-order valence-electron chi connectivity index (χ2n) is 4.72. The molecule has 0 aliphatic carbocycles. The van der Waals surface area contributed by atoms with Crippen LogP contribution in [0.1, 0.15) is 11.1 Å². The van der Waals surface area contributed by atoms with Gasteiger partial charge in [-0.3, -0.25) is 4.98 Å². The van der Waals surface area contributed by atoms with Crippen molar-refractivity contribution in [2.24, 2.45) is 0 Å². The predicted octanol–water partition coefficient (Wildman–Crippen LogP) is 4.57. The first kappa shape index (κ1) is 12.8. The minimum atomic E-state index is 0.895. The van der Waals surface area contributed by atoms with E-state index < -0.39 is 0 Å². The summed E-state index contributed by atoms with van der Waals surface area (Å²) in [7, 11) is 0. The number of benzene rings is 1. The Labute approximate surface area is 122 Å². The molecule has 0 saturated heterocycles. The van der Waals surface area contributed by atoms with Crippen LogP contribution < -0.4 is 5.32 Å². The molecule has 0 aliphatic heterocycles.